The molecule has 0 spiro atoms. The second kappa shape index (κ2) is 15.5. The van der Waals surface area contributed by atoms with Crippen molar-refractivity contribution in [2.75, 3.05) is 31.6 Å². The Hall–Kier alpha value is -3.47. The third-order valence-electron chi connectivity index (χ3n) is 7.05. The van der Waals surface area contributed by atoms with Crippen LogP contribution in [-0.2, 0) is 26.2 Å². The van der Waals surface area contributed by atoms with E-state index in [9.17, 15) is 18.0 Å². The molecule has 3 aromatic rings. The van der Waals surface area contributed by atoms with Gasteiger partial charge in [0.1, 0.15) is 12.6 Å². The van der Waals surface area contributed by atoms with E-state index in [1.54, 1.807) is 37.3 Å². The average molecular weight is 665 g/mol. The Kier molecular flexibility index (Phi) is 12.3. The molecule has 0 saturated heterocycles. The van der Waals surface area contributed by atoms with Crippen LogP contribution in [0.5, 0.6) is 11.5 Å². The third-order valence-corrected chi connectivity index (χ3v) is 9.56. The maximum absolute atomic E-state index is 14.2. The minimum absolute atomic E-state index is 0.00478. The van der Waals surface area contributed by atoms with Crippen molar-refractivity contribution in [3.63, 3.8) is 0 Å². The van der Waals surface area contributed by atoms with E-state index in [1.807, 2.05) is 26.8 Å². The number of hydrogen-bond acceptors (Lipinski definition) is 6. The van der Waals surface area contributed by atoms with Crippen LogP contribution in [0.1, 0.15) is 43.4 Å². The zero-order chi connectivity index (χ0) is 32.6. The quantitative estimate of drug-likeness (QED) is 0.207. The molecule has 1 unspecified atom stereocenters. The van der Waals surface area contributed by atoms with Crippen LogP contribution in [0.25, 0.3) is 0 Å². The number of aryl methyl sites for hydroxylation is 2. The van der Waals surface area contributed by atoms with E-state index in [4.69, 9.17) is 32.7 Å². The molecule has 44 heavy (non-hydrogen) atoms. The fraction of sp³-hybridized carbons (Fsp3) is 0.375. The standard InChI is InChI=1S/C32H39Cl2N3O6S/c1-7-8-13-35-32(39)23(4)36(19-24-9-11-27(33)28(34)17-24)31(38)20-37(25-15-21(2)14-22(3)16-25)44(40,41)26-10-12-29(42-5)30(18-26)43-6/h9-12,14-18,23H,7-8,13,19-20H2,1-6H3,(H,35,39). The monoisotopic (exact) mass is 663 g/mol. The van der Waals surface area contributed by atoms with Gasteiger partial charge in [-0.2, -0.15) is 0 Å². The number of nitrogens with zero attached hydrogens (tertiary/aromatic N) is 2. The molecule has 3 aromatic carbocycles. The fourth-order valence-corrected chi connectivity index (χ4v) is 6.42. The van der Waals surface area contributed by atoms with E-state index in [1.165, 1.54) is 37.3 Å². The lowest BCUT2D eigenvalue weighted by Gasteiger charge is -2.32. The Morgan fingerprint density at radius 3 is 2.16 bits per heavy atom. The number of halogens is 2. The SMILES string of the molecule is CCCCNC(=O)C(C)N(Cc1ccc(Cl)c(Cl)c1)C(=O)CN(c1cc(C)cc(C)c1)S(=O)(=O)c1ccc(OC)c(OC)c1. The van der Waals surface area contributed by atoms with Gasteiger partial charge >= 0.3 is 0 Å². The van der Waals surface area contributed by atoms with Crippen molar-refractivity contribution in [2.45, 2.75) is 58.0 Å². The van der Waals surface area contributed by atoms with Crippen molar-refractivity contribution < 1.29 is 27.5 Å². The van der Waals surface area contributed by atoms with Crippen molar-refractivity contribution in [3.8, 4) is 11.5 Å². The molecule has 0 fully saturated rings. The number of benzene rings is 3. The van der Waals surface area contributed by atoms with Crippen LogP contribution in [0.2, 0.25) is 10.0 Å². The first kappa shape index (κ1) is 35.0. The second-order valence-corrected chi connectivity index (χ2v) is 13.1. The number of ether oxygens (including phenoxy) is 2. The number of sulfonamides is 1. The van der Waals surface area contributed by atoms with Crippen LogP contribution in [0.15, 0.2) is 59.5 Å². The van der Waals surface area contributed by atoms with Crippen molar-refractivity contribution in [2.24, 2.45) is 0 Å². The van der Waals surface area contributed by atoms with Gasteiger partial charge in [0.2, 0.25) is 11.8 Å². The third kappa shape index (κ3) is 8.58. The van der Waals surface area contributed by atoms with Gasteiger partial charge in [0.15, 0.2) is 11.5 Å². The predicted molar refractivity (Wildman–Crippen MR) is 174 cm³/mol. The van der Waals surface area contributed by atoms with Crippen LogP contribution in [0.3, 0.4) is 0 Å². The summed E-state index contributed by atoms with van der Waals surface area (Å²) in [5, 5.41) is 3.51. The molecular formula is C32H39Cl2N3O6S. The number of rotatable bonds is 14. The smallest absolute Gasteiger partial charge is 0.264 e. The van der Waals surface area contributed by atoms with Gasteiger partial charge in [0.05, 0.1) is 34.8 Å². The summed E-state index contributed by atoms with van der Waals surface area (Å²) in [5.41, 5.74) is 2.56. The molecular weight excluding hydrogens is 625 g/mol. The van der Waals surface area contributed by atoms with E-state index in [2.05, 4.69) is 5.32 Å². The Balaban J connectivity index is 2.09. The molecule has 1 atom stereocenters. The summed E-state index contributed by atoms with van der Waals surface area (Å²) in [7, 11) is -1.45. The minimum Gasteiger partial charge on any atom is -0.493 e. The highest BCUT2D eigenvalue weighted by Gasteiger charge is 2.33. The Morgan fingerprint density at radius 2 is 1.57 bits per heavy atom. The Morgan fingerprint density at radius 1 is 0.909 bits per heavy atom. The van der Waals surface area contributed by atoms with Crippen LogP contribution >= 0.6 is 23.2 Å². The van der Waals surface area contributed by atoms with Gasteiger partial charge < -0.3 is 19.7 Å². The van der Waals surface area contributed by atoms with Crippen molar-refractivity contribution in [3.05, 3.63) is 81.3 Å². The molecule has 0 aromatic heterocycles. The van der Waals surface area contributed by atoms with Crippen molar-refractivity contribution in [1.29, 1.82) is 0 Å². The Bertz CT molecular complexity index is 1580. The van der Waals surface area contributed by atoms with Crippen LogP contribution in [0, 0.1) is 13.8 Å². The van der Waals surface area contributed by atoms with E-state index >= 15 is 0 Å². The topological polar surface area (TPSA) is 105 Å². The summed E-state index contributed by atoms with van der Waals surface area (Å²) >= 11 is 12.4. The lowest BCUT2D eigenvalue weighted by atomic mass is 10.1. The van der Waals surface area contributed by atoms with E-state index in [0.717, 1.165) is 28.3 Å². The van der Waals surface area contributed by atoms with E-state index < -0.39 is 28.5 Å². The average Bonchev–Trinajstić information content (AvgIpc) is 2.98. The molecule has 9 nitrogen and oxygen atoms in total. The molecule has 0 heterocycles. The van der Waals surface area contributed by atoms with Crippen LogP contribution < -0.4 is 19.1 Å². The molecule has 0 aliphatic rings. The first-order valence-corrected chi connectivity index (χ1v) is 16.4. The highest BCUT2D eigenvalue weighted by molar-refractivity contribution is 7.92. The predicted octanol–water partition coefficient (Wildman–Crippen LogP) is 6.16. The summed E-state index contributed by atoms with van der Waals surface area (Å²) in [6.07, 6.45) is 1.67. The Labute approximate surface area is 270 Å². The van der Waals surface area contributed by atoms with Gasteiger partial charge in [0, 0.05) is 19.2 Å². The number of hydrogen-bond donors (Lipinski definition) is 1. The largest absolute Gasteiger partial charge is 0.493 e. The van der Waals surface area contributed by atoms with E-state index in [0.29, 0.717) is 33.6 Å². The zero-order valence-corrected chi connectivity index (χ0v) is 28.1. The van der Waals surface area contributed by atoms with Crippen LogP contribution in [-0.4, -0.2) is 58.5 Å². The molecule has 0 aliphatic carbocycles. The van der Waals surface area contributed by atoms with Gasteiger partial charge in [-0.1, -0.05) is 48.7 Å². The van der Waals surface area contributed by atoms with Crippen LogP contribution in [0.4, 0.5) is 5.69 Å². The molecule has 238 valence electrons. The summed E-state index contributed by atoms with van der Waals surface area (Å²) in [6.45, 7) is 7.19. The number of carbonyl (C=O) groups is 2. The number of carbonyl (C=O) groups excluding carboxylic acids is 2. The zero-order valence-electron chi connectivity index (χ0n) is 25.8. The van der Waals surface area contributed by atoms with E-state index in [-0.39, 0.29) is 23.1 Å². The maximum Gasteiger partial charge on any atom is 0.264 e. The van der Waals surface area contributed by atoms with Crippen molar-refractivity contribution >= 4 is 50.7 Å². The molecule has 0 aliphatic heterocycles. The lowest BCUT2D eigenvalue weighted by Crippen LogP contribution is -2.51. The first-order chi connectivity index (χ1) is 20.8. The molecule has 0 bridgehead atoms. The summed E-state index contributed by atoms with van der Waals surface area (Å²) in [6, 6.07) is 13.6. The van der Waals surface area contributed by atoms with Gasteiger partial charge in [0.25, 0.3) is 10.0 Å². The highest BCUT2D eigenvalue weighted by atomic mass is 35.5. The normalized spacial score (nSPS) is 11.9. The van der Waals surface area contributed by atoms with Crippen molar-refractivity contribution in [1.82, 2.24) is 10.2 Å². The number of unbranched alkanes of at least 4 members (excludes halogenated alkanes) is 1. The molecule has 0 saturated carbocycles. The summed E-state index contributed by atoms with van der Waals surface area (Å²) in [4.78, 5) is 28.6. The number of amides is 2. The molecule has 1 N–H and O–H groups in total. The van der Waals surface area contributed by atoms with Gasteiger partial charge in [-0.25, -0.2) is 8.42 Å². The first-order valence-electron chi connectivity index (χ1n) is 14.2. The highest BCUT2D eigenvalue weighted by Crippen LogP contribution is 2.33. The second-order valence-electron chi connectivity index (χ2n) is 10.5. The number of methoxy groups -OCH3 is 2. The van der Waals surface area contributed by atoms with Gasteiger partial charge in [-0.05, 0) is 80.3 Å². The van der Waals surface area contributed by atoms with Gasteiger partial charge in [-0.15, -0.1) is 0 Å². The molecule has 3 rings (SSSR count). The maximum atomic E-state index is 14.2. The minimum atomic E-state index is -4.31. The van der Waals surface area contributed by atoms with Gasteiger partial charge in [-0.3, -0.25) is 13.9 Å². The summed E-state index contributed by atoms with van der Waals surface area (Å²) < 4.78 is 40.2. The number of anilines is 1. The molecule has 0 radical (unpaired) electrons. The number of nitrogens with one attached hydrogen (secondary N) is 1. The summed E-state index contributed by atoms with van der Waals surface area (Å²) in [5.74, 6) is -0.361. The molecule has 12 heteroatoms. The fourth-order valence-electron chi connectivity index (χ4n) is 4.68. The molecule has 2 amide bonds. The lowest BCUT2D eigenvalue weighted by molar-refractivity contribution is -0.139.